The largest absolute Gasteiger partial charge is 0.486 e. The number of hydrogen-bond donors (Lipinski definition) is 1. The fraction of sp³-hybridized carbons (Fsp3) is 0.417. The Labute approximate surface area is 199 Å². The summed E-state index contributed by atoms with van der Waals surface area (Å²) in [4.78, 5) is 29.5. The van der Waals surface area contributed by atoms with E-state index in [-0.39, 0.29) is 47.6 Å². The molecule has 2 aliphatic heterocycles. The second-order valence-electron chi connectivity index (χ2n) is 8.96. The van der Waals surface area contributed by atoms with Gasteiger partial charge in [0.2, 0.25) is 5.82 Å². The van der Waals surface area contributed by atoms with Crippen LogP contribution in [0.2, 0.25) is 0 Å². The Morgan fingerprint density at radius 1 is 1.34 bits per heavy atom. The lowest BCUT2D eigenvalue weighted by Gasteiger charge is -2.34. The second kappa shape index (κ2) is 9.21. The zero-order chi connectivity index (χ0) is 24.7. The van der Waals surface area contributed by atoms with E-state index >= 15 is 0 Å². The van der Waals surface area contributed by atoms with Crippen molar-refractivity contribution in [2.24, 2.45) is 0 Å². The average Bonchev–Trinajstić information content (AvgIpc) is 2.87. The number of ether oxygens (including phenoxy) is 1. The van der Waals surface area contributed by atoms with Crippen molar-refractivity contribution >= 4 is 22.4 Å². The smallest absolute Gasteiger partial charge is 0.363 e. The third-order valence-electron chi connectivity index (χ3n) is 6.81. The molecule has 35 heavy (non-hydrogen) atoms. The number of nitro groups is 1. The fourth-order valence-corrected chi connectivity index (χ4v) is 4.91. The Morgan fingerprint density at radius 3 is 2.89 bits per heavy atom. The zero-order valence-corrected chi connectivity index (χ0v) is 19.2. The quantitative estimate of drug-likeness (QED) is 0.420. The van der Waals surface area contributed by atoms with Crippen molar-refractivity contribution < 1.29 is 18.4 Å². The number of benzene rings is 1. The molecule has 3 aromatic rings. The number of anilines is 1. The summed E-state index contributed by atoms with van der Waals surface area (Å²) in [6.45, 7) is 3.90. The maximum atomic E-state index is 14.4. The summed E-state index contributed by atoms with van der Waals surface area (Å²) >= 11 is 0. The Hall–Kier alpha value is -3.60. The molecule has 1 unspecified atom stereocenters. The van der Waals surface area contributed by atoms with Crippen LogP contribution in [0.5, 0.6) is 5.75 Å². The van der Waals surface area contributed by atoms with Crippen molar-refractivity contribution in [1.82, 2.24) is 14.9 Å². The molecule has 0 bridgehead atoms. The summed E-state index contributed by atoms with van der Waals surface area (Å²) in [5.74, 6) is -2.58. The average molecular weight is 485 g/mol. The lowest BCUT2D eigenvalue weighted by Crippen LogP contribution is -2.46. The van der Waals surface area contributed by atoms with Crippen molar-refractivity contribution in [1.29, 1.82) is 0 Å². The van der Waals surface area contributed by atoms with E-state index in [4.69, 9.17) is 4.74 Å². The van der Waals surface area contributed by atoms with E-state index in [1.807, 2.05) is 11.5 Å². The van der Waals surface area contributed by atoms with Crippen LogP contribution in [0.1, 0.15) is 37.8 Å². The highest BCUT2D eigenvalue weighted by atomic mass is 19.2. The molecule has 4 heterocycles. The maximum Gasteiger partial charge on any atom is 0.363 e. The zero-order valence-electron chi connectivity index (χ0n) is 19.2. The van der Waals surface area contributed by atoms with Crippen molar-refractivity contribution in [2.75, 3.05) is 24.6 Å². The molecule has 1 saturated heterocycles. The van der Waals surface area contributed by atoms with Crippen LogP contribution in [-0.2, 0) is 6.54 Å². The summed E-state index contributed by atoms with van der Waals surface area (Å²) in [6.07, 6.45) is 5.74. The summed E-state index contributed by atoms with van der Waals surface area (Å²) in [5.41, 5.74) is 1.22. The van der Waals surface area contributed by atoms with Crippen LogP contribution in [0.3, 0.4) is 0 Å². The lowest BCUT2D eigenvalue weighted by atomic mass is 10.0. The topological polar surface area (TPSA) is 103 Å². The van der Waals surface area contributed by atoms with Crippen LogP contribution in [0, 0.1) is 21.7 Å². The number of rotatable bonds is 6. The first-order chi connectivity index (χ1) is 16.9. The van der Waals surface area contributed by atoms with Gasteiger partial charge >= 0.3 is 5.82 Å². The molecule has 9 nitrogen and oxygen atoms in total. The Morgan fingerprint density at radius 2 is 2.17 bits per heavy atom. The van der Waals surface area contributed by atoms with E-state index in [0.717, 1.165) is 31.1 Å². The van der Waals surface area contributed by atoms with Gasteiger partial charge in [-0.1, -0.05) is 6.92 Å². The monoisotopic (exact) mass is 485 g/mol. The van der Waals surface area contributed by atoms with Crippen LogP contribution < -0.4 is 20.4 Å². The molecular weight excluding hydrogens is 460 g/mol. The van der Waals surface area contributed by atoms with E-state index in [2.05, 4.69) is 15.2 Å². The van der Waals surface area contributed by atoms with Crippen LogP contribution in [0.4, 0.5) is 20.3 Å². The van der Waals surface area contributed by atoms with Gasteiger partial charge in [-0.05, 0) is 41.3 Å². The van der Waals surface area contributed by atoms with Gasteiger partial charge in [0.05, 0.1) is 22.6 Å². The van der Waals surface area contributed by atoms with Crippen molar-refractivity contribution in [3.8, 4) is 5.75 Å². The van der Waals surface area contributed by atoms with Crippen LogP contribution >= 0.6 is 0 Å². The molecule has 1 N–H and O–H groups in total. The number of piperidine rings is 1. The Balaban J connectivity index is 1.38. The summed E-state index contributed by atoms with van der Waals surface area (Å²) in [7, 11) is 0. The highest BCUT2D eigenvalue weighted by Crippen LogP contribution is 2.36. The molecule has 0 amide bonds. The first-order valence-electron chi connectivity index (χ1n) is 11.6. The minimum atomic E-state index is -1.10. The third-order valence-corrected chi connectivity index (χ3v) is 6.81. The Kier molecular flexibility index (Phi) is 6.10. The molecule has 184 valence electrons. The molecule has 2 atom stereocenters. The van der Waals surface area contributed by atoms with Gasteiger partial charge in [-0.15, -0.1) is 0 Å². The number of nitrogens with zero attached hydrogens (tertiary/aromatic N) is 4. The number of pyridine rings is 2. The standard InChI is InChI=1S/C24H25F2N5O4/c1-2-16-13-35-24-21(26)19(25)8-18-22(24)30(16)11-14(23(18)32)9-27-15-4-3-7-29(12-15)17-5-6-20(28-10-17)31(33)34/h5-6,8,10-11,15-16,27H,2-4,7,9,12-13H2,1H3/t15-,16?/m0/s1. The first kappa shape index (κ1) is 23.2. The van der Waals surface area contributed by atoms with E-state index in [1.165, 1.54) is 12.3 Å². The molecular formula is C24H25F2N5O4. The van der Waals surface area contributed by atoms with Crippen molar-refractivity contribution in [2.45, 2.75) is 44.8 Å². The minimum absolute atomic E-state index is 0.0706. The normalized spacial score (nSPS) is 19.6. The van der Waals surface area contributed by atoms with Crippen LogP contribution in [-0.4, -0.2) is 40.2 Å². The van der Waals surface area contributed by atoms with E-state index in [0.29, 0.717) is 24.0 Å². The van der Waals surface area contributed by atoms with Gasteiger partial charge in [-0.2, -0.15) is 4.39 Å². The predicted molar refractivity (Wildman–Crippen MR) is 126 cm³/mol. The van der Waals surface area contributed by atoms with Gasteiger partial charge in [0.1, 0.15) is 6.61 Å². The molecule has 11 heteroatoms. The van der Waals surface area contributed by atoms with Crippen molar-refractivity contribution in [3.63, 3.8) is 0 Å². The molecule has 0 saturated carbocycles. The predicted octanol–water partition coefficient (Wildman–Crippen LogP) is 3.69. The van der Waals surface area contributed by atoms with Gasteiger partial charge < -0.3 is 29.6 Å². The number of halogens is 2. The number of hydrogen-bond acceptors (Lipinski definition) is 7. The highest BCUT2D eigenvalue weighted by Gasteiger charge is 2.28. The molecule has 1 aromatic carbocycles. The molecule has 0 radical (unpaired) electrons. The van der Waals surface area contributed by atoms with E-state index in [1.54, 1.807) is 12.3 Å². The first-order valence-corrected chi connectivity index (χ1v) is 11.6. The molecule has 5 rings (SSSR count). The fourth-order valence-electron chi connectivity index (χ4n) is 4.91. The lowest BCUT2D eigenvalue weighted by molar-refractivity contribution is -0.389. The molecule has 0 aliphatic carbocycles. The van der Waals surface area contributed by atoms with Gasteiger partial charge in [-0.3, -0.25) is 4.79 Å². The van der Waals surface area contributed by atoms with Gasteiger partial charge in [0.15, 0.2) is 23.2 Å². The molecule has 0 spiro atoms. The maximum absolute atomic E-state index is 14.4. The third kappa shape index (κ3) is 4.20. The summed E-state index contributed by atoms with van der Waals surface area (Å²) in [5, 5.41) is 14.4. The Bertz CT molecular complexity index is 1340. The van der Waals surface area contributed by atoms with Crippen LogP contribution in [0.15, 0.2) is 35.4 Å². The molecule has 2 aromatic heterocycles. The van der Waals surface area contributed by atoms with Gasteiger partial charge in [-0.25, -0.2) is 4.39 Å². The summed E-state index contributed by atoms with van der Waals surface area (Å²) < 4.78 is 35.9. The highest BCUT2D eigenvalue weighted by molar-refractivity contribution is 5.86. The molecule has 1 fully saturated rings. The van der Waals surface area contributed by atoms with E-state index in [9.17, 15) is 23.7 Å². The van der Waals surface area contributed by atoms with Crippen LogP contribution in [0.25, 0.3) is 10.9 Å². The minimum Gasteiger partial charge on any atom is -0.486 e. The van der Waals surface area contributed by atoms with Crippen molar-refractivity contribution in [3.05, 3.63) is 68.1 Å². The summed E-state index contributed by atoms with van der Waals surface area (Å²) in [6, 6.07) is 4.02. The second-order valence-corrected chi connectivity index (χ2v) is 8.96. The molecule has 2 aliphatic rings. The number of nitrogens with one attached hydrogen (secondary N) is 1. The number of aromatic nitrogens is 2. The van der Waals surface area contributed by atoms with E-state index < -0.39 is 16.6 Å². The SMILES string of the molecule is CCC1COc2c(F)c(F)cc3c(=O)c(CN[C@H]4CCCN(c5ccc([N+](=O)[O-])nc5)C4)cn1c23. The van der Waals surface area contributed by atoms with Gasteiger partial charge in [0, 0.05) is 43.5 Å². The van der Waals surface area contributed by atoms with Gasteiger partial charge in [0.25, 0.3) is 0 Å².